The molecular weight excluding hydrogens is 93.0 g/mol. The van der Waals surface area contributed by atoms with E-state index in [1.54, 1.807) is 6.07 Å². The van der Waals surface area contributed by atoms with Gasteiger partial charge in [0.2, 0.25) is 0 Å². The number of nitrogens with zero attached hydrogens (tertiary/aromatic N) is 1. The van der Waals surface area contributed by atoms with Crippen LogP contribution in [-0.2, 0) is 0 Å². The third-order valence-electron chi connectivity index (χ3n) is 0.583. The van der Waals surface area contributed by atoms with Gasteiger partial charge in [0.15, 0.2) is 0 Å². The lowest BCUT2D eigenvalue weighted by atomic mass is 10.7. The molecule has 0 amide bonds. The molecule has 1 N–H and O–H groups in total. The van der Waals surface area contributed by atoms with Crippen molar-refractivity contribution in [2.75, 3.05) is 0 Å². The molecule has 0 spiro atoms. The van der Waals surface area contributed by atoms with E-state index in [1.807, 2.05) is 0 Å². The van der Waals surface area contributed by atoms with Gasteiger partial charge in [0, 0.05) is 12.3 Å². The minimum absolute atomic E-state index is 0.164. The first-order valence-electron chi connectivity index (χ1n) is 1.89. The van der Waals surface area contributed by atoms with Gasteiger partial charge in [0.05, 0.1) is 0 Å². The zero-order chi connectivity index (χ0) is 5.11. The van der Waals surface area contributed by atoms with E-state index in [9.17, 15) is 4.79 Å². The zero-order valence-corrected chi connectivity index (χ0v) is 3.59. The summed E-state index contributed by atoms with van der Waals surface area (Å²) in [7, 11) is 0. The molecule has 0 aliphatic rings. The van der Waals surface area contributed by atoms with E-state index in [0.29, 0.717) is 0 Å². The predicted molar refractivity (Wildman–Crippen MR) is 24.9 cm³/mol. The van der Waals surface area contributed by atoms with Crippen molar-refractivity contribution < 1.29 is 0 Å². The Balaban J connectivity index is 3.28. The molecule has 0 unspecified atom stereocenters. The third kappa shape index (κ3) is 0.855. The molecule has 0 saturated heterocycles. The number of H-pyrrole nitrogens is 1. The van der Waals surface area contributed by atoms with E-state index >= 15 is 0 Å². The van der Waals surface area contributed by atoms with Crippen LogP contribution in [0.2, 0.25) is 0 Å². The van der Waals surface area contributed by atoms with Gasteiger partial charge in [-0.1, -0.05) is 0 Å². The molecule has 0 radical (unpaired) electrons. The average molecular weight is 97.1 g/mol. The molecule has 1 rings (SSSR count). The topological polar surface area (TPSA) is 45.8 Å². The first-order valence-corrected chi connectivity index (χ1v) is 1.89. The van der Waals surface area contributed by atoms with Gasteiger partial charge in [-0.3, -0.25) is 4.79 Å². The molecule has 7 heavy (non-hydrogen) atoms. The molecule has 36 valence electrons. The normalized spacial score (nSPS) is 8.57. The molecule has 0 fully saturated rings. The highest BCUT2D eigenvalue weighted by Crippen LogP contribution is 1.60. The van der Waals surface area contributed by atoms with Crippen LogP contribution in [0, 0.1) is 0 Å². The van der Waals surface area contributed by atoms with Crippen LogP contribution in [0.15, 0.2) is 23.1 Å². The lowest BCUT2D eigenvalue weighted by Crippen LogP contribution is -2.02. The van der Waals surface area contributed by atoms with Gasteiger partial charge in [0.25, 0.3) is 5.56 Å². The second kappa shape index (κ2) is 1.55. The van der Waals surface area contributed by atoms with Crippen molar-refractivity contribution in [3.8, 4) is 0 Å². The van der Waals surface area contributed by atoms with Gasteiger partial charge in [0.1, 0.15) is 0 Å². The van der Waals surface area contributed by atoms with E-state index in [-0.39, 0.29) is 5.56 Å². The van der Waals surface area contributed by atoms with Gasteiger partial charge in [-0.2, -0.15) is 5.10 Å². The number of hydrogen-bond acceptors (Lipinski definition) is 2. The standard InChI is InChI=1S/C4H4N2O/c7-4-2-1-3-5-6-4/h1-3H,(H,6,7)/i4+1. The number of nitrogens with one attached hydrogen (secondary N) is 1. The Hall–Kier alpha value is -1.12. The van der Waals surface area contributed by atoms with Gasteiger partial charge in [-0.25, -0.2) is 5.10 Å². The fourth-order valence-corrected chi connectivity index (χ4v) is 0.312. The Bertz CT molecular complexity index is 175. The zero-order valence-electron chi connectivity index (χ0n) is 3.59. The van der Waals surface area contributed by atoms with Gasteiger partial charge < -0.3 is 0 Å². The highest BCUT2D eigenvalue weighted by atomic mass is 16.2. The molecule has 0 bridgehead atoms. The molecule has 1 aromatic heterocycles. The van der Waals surface area contributed by atoms with Crippen molar-refractivity contribution >= 4 is 0 Å². The molecule has 0 atom stereocenters. The minimum Gasteiger partial charge on any atom is -0.268 e. The summed E-state index contributed by atoms with van der Waals surface area (Å²) in [6.07, 6.45) is 1.52. The fraction of sp³-hybridized carbons (Fsp3) is 0. The van der Waals surface area contributed by atoms with Gasteiger partial charge >= 0.3 is 0 Å². The van der Waals surface area contributed by atoms with Crippen LogP contribution in [0.5, 0.6) is 0 Å². The molecule has 0 aliphatic carbocycles. The van der Waals surface area contributed by atoms with Gasteiger partial charge in [-0.15, -0.1) is 0 Å². The highest BCUT2D eigenvalue weighted by Gasteiger charge is 1.70. The third-order valence-corrected chi connectivity index (χ3v) is 0.583. The summed E-state index contributed by atoms with van der Waals surface area (Å²) in [6, 6.07) is 2.99. The fourth-order valence-electron chi connectivity index (χ4n) is 0.312. The van der Waals surface area contributed by atoms with Crippen molar-refractivity contribution in [1.29, 1.82) is 0 Å². The second-order valence-electron chi connectivity index (χ2n) is 1.11. The number of aromatic nitrogens is 2. The summed E-state index contributed by atoms with van der Waals surface area (Å²) in [4.78, 5) is 10.2. The Morgan fingerprint density at radius 1 is 1.71 bits per heavy atom. The summed E-state index contributed by atoms with van der Waals surface area (Å²) in [5.41, 5.74) is -0.164. The van der Waals surface area contributed by atoms with E-state index in [1.165, 1.54) is 12.3 Å². The maximum Gasteiger partial charge on any atom is 0.264 e. The molecule has 1 heterocycles. The maximum absolute atomic E-state index is 10.2. The summed E-state index contributed by atoms with van der Waals surface area (Å²) < 4.78 is 0. The number of aromatic amines is 1. The van der Waals surface area contributed by atoms with Crippen LogP contribution in [0.1, 0.15) is 0 Å². The smallest absolute Gasteiger partial charge is 0.264 e. The Labute approximate surface area is 40.0 Å². The summed E-state index contributed by atoms with van der Waals surface area (Å²) in [5, 5.41) is 5.67. The predicted octanol–water partition coefficient (Wildman–Crippen LogP) is -0.230. The van der Waals surface area contributed by atoms with Crippen molar-refractivity contribution in [3.05, 3.63) is 28.7 Å². The van der Waals surface area contributed by atoms with Gasteiger partial charge in [-0.05, 0) is 6.07 Å². The summed E-state index contributed by atoms with van der Waals surface area (Å²) in [5.74, 6) is 0. The van der Waals surface area contributed by atoms with Crippen LogP contribution < -0.4 is 5.56 Å². The quantitative estimate of drug-likeness (QED) is 0.486. The first kappa shape index (κ1) is 4.05. The van der Waals surface area contributed by atoms with Crippen molar-refractivity contribution in [3.63, 3.8) is 0 Å². The SMILES string of the molecule is O=[13c]1cccn[nH]1. The molecule has 1 aromatic rings. The van der Waals surface area contributed by atoms with E-state index < -0.39 is 0 Å². The molecule has 0 aromatic carbocycles. The van der Waals surface area contributed by atoms with Crippen molar-refractivity contribution in [2.24, 2.45) is 0 Å². The van der Waals surface area contributed by atoms with Crippen LogP contribution >= 0.6 is 0 Å². The number of hydrogen-bond donors (Lipinski definition) is 1. The van der Waals surface area contributed by atoms with Crippen LogP contribution in [0.4, 0.5) is 0 Å². The summed E-state index contributed by atoms with van der Waals surface area (Å²) in [6.45, 7) is 0. The average Bonchev–Trinajstić information content (AvgIpc) is 1.69. The molecule has 0 saturated carbocycles. The van der Waals surface area contributed by atoms with Crippen LogP contribution in [0.3, 0.4) is 0 Å². The van der Waals surface area contributed by atoms with E-state index in [0.717, 1.165) is 0 Å². The monoisotopic (exact) mass is 97.0 g/mol. The first-order chi connectivity index (χ1) is 3.39. The Kier molecular flexibility index (Phi) is 0.898. The summed E-state index contributed by atoms with van der Waals surface area (Å²) >= 11 is 0. The minimum atomic E-state index is -0.164. The molecular formula is C4H4N2O. The number of rotatable bonds is 0. The second-order valence-corrected chi connectivity index (χ2v) is 1.11. The van der Waals surface area contributed by atoms with Crippen LogP contribution in [0.25, 0.3) is 0 Å². The van der Waals surface area contributed by atoms with E-state index in [4.69, 9.17) is 0 Å². The molecule has 0 aliphatic heterocycles. The molecule has 3 nitrogen and oxygen atoms in total. The maximum atomic E-state index is 10.2. The van der Waals surface area contributed by atoms with Crippen molar-refractivity contribution in [2.45, 2.75) is 0 Å². The molecule has 3 heteroatoms. The lowest BCUT2D eigenvalue weighted by molar-refractivity contribution is 0.988. The lowest BCUT2D eigenvalue weighted by Gasteiger charge is -1.72. The Morgan fingerprint density at radius 2 is 2.57 bits per heavy atom. The Morgan fingerprint density at radius 3 is 2.86 bits per heavy atom. The highest BCUT2D eigenvalue weighted by molar-refractivity contribution is 4.81. The van der Waals surface area contributed by atoms with Crippen molar-refractivity contribution in [1.82, 2.24) is 10.2 Å². The van der Waals surface area contributed by atoms with E-state index in [2.05, 4.69) is 10.2 Å². The largest absolute Gasteiger partial charge is 0.268 e. The van der Waals surface area contributed by atoms with Crippen LogP contribution in [-0.4, -0.2) is 10.2 Å².